The molecule has 4 saturated carbocycles. The van der Waals surface area contributed by atoms with Crippen molar-refractivity contribution in [3.05, 3.63) is 30.3 Å². The predicted octanol–water partition coefficient (Wildman–Crippen LogP) is 9.86. The van der Waals surface area contributed by atoms with E-state index in [2.05, 4.69) is 34.6 Å². The van der Waals surface area contributed by atoms with Crippen LogP contribution in [0.25, 0.3) is 0 Å². The lowest BCUT2D eigenvalue weighted by molar-refractivity contribution is -0.128. The van der Waals surface area contributed by atoms with Crippen LogP contribution < -0.4 is 4.74 Å². The van der Waals surface area contributed by atoms with Gasteiger partial charge in [-0.3, -0.25) is 0 Å². The highest BCUT2D eigenvalue weighted by atomic mass is 32.1. The molecule has 5 rings (SSSR count). The van der Waals surface area contributed by atoms with E-state index in [4.69, 9.17) is 21.7 Å². The van der Waals surface area contributed by atoms with Crippen molar-refractivity contribution in [2.75, 3.05) is 0 Å². The minimum atomic E-state index is 0.210. The largest absolute Gasteiger partial charge is 0.453 e. The molecule has 0 N–H and O–H groups in total. The van der Waals surface area contributed by atoms with E-state index in [9.17, 15) is 0 Å². The molecule has 0 bridgehead atoms. The van der Waals surface area contributed by atoms with Crippen molar-refractivity contribution < 1.29 is 9.47 Å². The van der Waals surface area contributed by atoms with Crippen LogP contribution in [0, 0.1) is 52.3 Å². The Kier molecular flexibility index (Phi) is 8.31. The van der Waals surface area contributed by atoms with E-state index in [1.54, 1.807) is 0 Å². The molecule has 1 unspecified atom stereocenters. The number of hydrogen-bond donors (Lipinski definition) is 0. The second-order valence-corrected chi connectivity index (χ2v) is 14.7. The van der Waals surface area contributed by atoms with E-state index in [1.807, 2.05) is 30.3 Å². The second kappa shape index (κ2) is 11.2. The highest BCUT2D eigenvalue weighted by molar-refractivity contribution is 7.79. The molecule has 0 aromatic heterocycles. The monoisotopic (exact) mass is 524 g/mol. The second-order valence-electron chi connectivity index (χ2n) is 14.4. The fraction of sp³-hybridized carbons (Fsp3) is 0.794. The fourth-order valence-electron chi connectivity index (χ4n) is 10.1. The van der Waals surface area contributed by atoms with Crippen LogP contribution in [0.2, 0.25) is 0 Å². The minimum absolute atomic E-state index is 0.210. The zero-order chi connectivity index (χ0) is 26.2. The molecule has 37 heavy (non-hydrogen) atoms. The van der Waals surface area contributed by atoms with Crippen molar-refractivity contribution >= 4 is 17.5 Å². The molecule has 4 fully saturated rings. The summed E-state index contributed by atoms with van der Waals surface area (Å²) >= 11 is 5.47. The molecular formula is C34H52O2S. The van der Waals surface area contributed by atoms with Crippen LogP contribution in [-0.4, -0.2) is 11.3 Å². The number of thiocarbonyl (C=S) groups is 1. The molecule has 206 valence electrons. The number of fused-ring (bicyclic) bond motifs is 5. The maximum atomic E-state index is 6.21. The van der Waals surface area contributed by atoms with Gasteiger partial charge in [0, 0.05) is 12.2 Å². The zero-order valence-corrected chi connectivity index (χ0v) is 25.0. The van der Waals surface area contributed by atoms with Gasteiger partial charge in [0.2, 0.25) is 0 Å². The van der Waals surface area contributed by atoms with E-state index in [0.717, 1.165) is 60.0 Å². The Hall–Kier alpha value is -1.09. The van der Waals surface area contributed by atoms with E-state index < -0.39 is 0 Å². The summed E-state index contributed by atoms with van der Waals surface area (Å²) in [5.74, 6) is 7.05. The number of rotatable bonds is 7. The average Bonchev–Trinajstić information content (AvgIpc) is 3.22. The smallest absolute Gasteiger partial charge is 0.358 e. The van der Waals surface area contributed by atoms with E-state index in [1.165, 1.54) is 64.2 Å². The third-order valence-electron chi connectivity index (χ3n) is 12.0. The Bertz CT molecular complexity index is 914. The highest BCUT2D eigenvalue weighted by Gasteiger charge is 2.60. The summed E-state index contributed by atoms with van der Waals surface area (Å²) in [4.78, 5) is 0. The third kappa shape index (κ3) is 5.50. The van der Waals surface area contributed by atoms with E-state index in [0.29, 0.717) is 16.1 Å². The Morgan fingerprint density at radius 2 is 1.62 bits per heavy atom. The average molecular weight is 525 g/mol. The summed E-state index contributed by atoms with van der Waals surface area (Å²) in [6.07, 6.45) is 16.8. The van der Waals surface area contributed by atoms with E-state index in [-0.39, 0.29) is 6.10 Å². The standard InChI is InChI=1S/C34H52O2S/c1-23(2)10-9-11-24(3)29-16-17-30-28-15-14-25-22-27(36-32(37)35-26-12-7-6-8-13-26)18-20-33(25,4)31(28)19-21-34(29,30)5/h6-8,12-13,23-25,27-31H,9-11,14-22H2,1-5H3/t24-,25?,27+,28+,29-,30+,31+,33+,34-/m1/s1. The number of para-hydroxylation sites is 1. The van der Waals surface area contributed by atoms with E-state index >= 15 is 0 Å². The third-order valence-corrected chi connectivity index (χ3v) is 12.2. The van der Waals surface area contributed by atoms with Crippen LogP contribution in [0.5, 0.6) is 5.75 Å². The first-order valence-electron chi connectivity index (χ1n) is 15.6. The fourth-order valence-corrected chi connectivity index (χ4v) is 10.3. The normalized spacial score (nSPS) is 39.8. The van der Waals surface area contributed by atoms with Gasteiger partial charge in [-0.05, 0) is 122 Å². The summed E-state index contributed by atoms with van der Waals surface area (Å²) in [6, 6.07) is 9.80. The first-order chi connectivity index (χ1) is 17.7. The molecule has 1 aromatic carbocycles. The van der Waals surface area contributed by atoms with Gasteiger partial charge in [-0.25, -0.2) is 0 Å². The molecule has 0 saturated heterocycles. The van der Waals surface area contributed by atoms with Gasteiger partial charge in [0.15, 0.2) is 0 Å². The highest BCUT2D eigenvalue weighted by Crippen LogP contribution is 2.68. The molecule has 4 aliphatic carbocycles. The van der Waals surface area contributed by atoms with Gasteiger partial charge in [0.05, 0.1) is 0 Å². The molecule has 9 atom stereocenters. The van der Waals surface area contributed by atoms with Crippen molar-refractivity contribution in [2.45, 2.75) is 118 Å². The van der Waals surface area contributed by atoms with Crippen molar-refractivity contribution in [3.8, 4) is 5.75 Å². The lowest BCUT2D eigenvalue weighted by atomic mass is 9.44. The number of benzene rings is 1. The summed E-state index contributed by atoms with van der Waals surface area (Å²) in [6.45, 7) is 12.7. The van der Waals surface area contributed by atoms with Crippen molar-refractivity contribution in [2.24, 2.45) is 52.3 Å². The maximum Gasteiger partial charge on any atom is 0.358 e. The van der Waals surface area contributed by atoms with Gasteiger partial charge in [-0.1, -0.05) is 72.1 Å². The van der Waals surface area contributed by atoms with Crippen molar-refractivity contribution in [1.29, 1.82) is 0 Å². The van der Waals surface area contributed by atoms with Crippen LogP contribution in [0.15, 0.2) is 30.3 Å². The van der Waals surface area contributed by atoms with Crippen molar-refractivity contribution in [1.82, 2.24) is 0 Å². The van der Waals surface area contributed by atoms with Gasteiger partial charge in [0.1, 0.15) is 11.9 Å². The molecule has 3 heteroatoms. The number of ether oxygens (including phenoxy) is 2. The summed E-state index contributed by atoms with van der Waals surface area (Å²) in [5.41, 5.74) is 1.07. The number of hydrogen-bond acceptors (Lipinski definition) is 3. The Labute approximate surface area is 232 Å². The molecule has 1 aromatic rings. The maximum absolute atomic E-state index is 6.21. The zero-order valence-electron chi connectivity index (χ0n) is 24.2. The molecular weight excluding hydrogens is 472 g/mol. The van der Waals surface area contributed by atoms with Crippen LogP contribution in [0.4, 0.5) is 0 Å². The first kappa shape index (κ1) is 27.5. The van der Waals surface area contributed by atoms with Gasteiger partial charge >= 0.3 is 5.24 Å². The van der Waals surface area contributed by atoms with Crippen LogP contribution in [0.1, 0.15) is 112 Å². The van der Waals surface area contributed by atoms with Crippen LogP contribution in [0.3, 0.4) is 0 Å². The van der Waals surface area contributed by atoms with Gasteiger partial charge in [-0.2, -0.15) is 0 Å². The molecule has 0 heterocycles. The lowest BCUT2D eigenvalue weighted by Crippen LogP contribution is -2.54. The van der Waals surface area contributed by atoms with Gasteiger partial charge in [0.25, 0.3) is 0 Å². The Balaban J connectivity index is 1.19. The van der Waals surface area contributed by atoms with Crippen LogP contribution in [-0.2, 0) is 4.74 Å². The van der Waals surface area contributed by atoms with Gasteiger partial charge < -0.3 is 9.47 Å². The summed E-state index contributed by atoms with van der Waals surface area (Å²) in [5, 5.41) is 0.293. The molecule has 0 spiro atoms. The Morgan fingerprint density at radius 3 is 2.38 bits per heavy atom. The Morgan fingerprint density at radius 1 is 0.892 bits per heavy atom. The quantitative estimate of drug-likeness (QED) is 0.331. The topological polar surface area (TPSA) is 18.5 Å². The molecule has 0 radical (unpaired) electrons. The summed E-state index contributed by atoms with van der Waals surface area (Å²) in [7, 11) is 0. The SMILES string of the molecule is CC(C)CCC[C@@H](C)[C@H]1CC[C@H]2[C@@H]3CCC4C[C@@H](OC(=S)Oc5ccccc5)CC[C@]4(C)[C@H]3CC[C@]12C. The van der Waals surface area contributed by atoms with Crippen molar-refractivity contribution in [3.63, 3.8) is 0 Å². The minimum Gasteiger partial charge on any atom is -0.453 e. The molecule has 2 nitrogen and oxygen atoms in total. The molecule has 0 amide bonds. The van der Waals surface area contributed by atoms with Crippen LogP contribution >= 0.6 is 12.2 Å². The lowest BCUT2D eigenvalue weighted by Gasteiger charge is -2.61. The predicted molar refractivity (Wildman–Crippen MR) is 158 cm³/mol. The molecule has 0 aliphatic heterocycles. The summed E-state index contributed by atoms with van der Waals surface area (Å²) < 4.78 is 12.0. The first-order valence-corrected chi connectivity index (χ1v) is 16.0. The van der Waals surface area contributed by atoms with Gasteiger partial charge in [-0.15, -0.1) is 0 Å². The molecule has 4 aliphatic rings.